The zero-order valence-corrected chi connectivity index (χ0v) is 12.1. The van der Waals surface area contributed by atoms with Crippen LogP contribution in [0.2, 0.25) is 0 Å². The number of halogens is 1. The van der Waals surface area contributed by atoms with Crippen LogP contribution in [0.1, 0.15) is 37.8 Å². The highest BCUT2D eigenvalue weighted by atomic mass is 19.1. The summed E-state index contributed by atoms with van der Waals surface area (Å²) in [4.78, 5) is 14.0. The SMILES string of the molecule is CCOC(=O)CCCC(N=[N+]=[N-])c1ccc(OC)c(F)c1. The minimum absolute atomic E-state index is 0.130. The van der Waals surface area contributed by atoms with Crippen molar-refractivity contribution in [3.63, 3.8) is 0 Å². The average molecular weight is 295 g/mol. The van der Waals surface area contributed by atoms with E-state index < -0.39 is 11.9 Å². The second-order valence-electron chi connectivity index (χ2n) is 4.31. The first kappa shape index (κ1) is 16.8. The maximum atomic E-state index is 13.7. The summed E-state index contributed by atoms with van der Waals surface area (Å²) in [5, 5.41) is 3.65. The monoisotopic (exact) mass is 295 g/mol. The molecule has 21 heavy (non-hydrogen) atoms. The van der Waals surface area contributed by atoms with Crippen LogP contribution in [0.15, 0.2) is 23.3 Å². The zero-order chi connectivity index (χ0) is 15.7. The molecule has 0 spiro atoms. The molecule has 0 aliphatic carbocycles. The normalized spacial score (nSPS) is 11.4. The highest BCUT2D eigenvalue weighted by Gasteiger charge is 2.13. The molecular formula is C14H18FN3O3. The van der Waals surface area contributed by atoms with Crippen molar-refractivity contribution >= 4 is 5.97 Å². The van der Waals surface area contributed by atoms with Gasteiger partial charge in [0.1, 0.15) is 0 Å². The van der Waals surface area contributed by atoms with Crippen LogP contribution in [0.25, 0.3) is 10.4 Å². The lowest BCUT2D eigenvalue weighted by atomic mass is 10.0. The van der Waals surface area contributed by atoms with Crippen molar-refractivity contribution in [2.75, 3.05) is 13.7 Å². The number of benzene rings is 1. The summed E-state index contributed by atoms with van der Waals surface area (Å²) in [5.74, 6) is -0.679. The van der Waals surface area contributed by atoms with Crippen LogP contribution >= 0.6 is 0 Å². The number of carbonyl (C=O) groups excluding carboxylic acids is 1. The summed E-state index contributed by atoms with van der Waals surface area (Å²) < 4.78 is 23.3. The number of azide groups is 1. The van der Waals surface area contributed by atoms with Crippen molar-refractivity contribution in [3.8, 4) is 5.75 Å². The van der Waals surface area contributed by atoms with Gasteiger partial charge in [-0.2, -0.15) is 0 Å². The summed E-state index contributed by atoms with van der Waals surface area (Å²) in [6.07, 6.45) is 1.18. The molecule has 0 saturated heterocycles. The van der Waals surface area contributed by atoms with Gasteiger partial charge in [0.2, 0.25) is 0 Å². The standard InChI is InChI=1S/C14H18FN3O3/c1-3-21-14(19)6-4-5-12(17-18-16)10-7-8-13(20-2)11(15)9-10/h7-9,12H,3-6H2,1-2H3. The van der Waals surface area contributed by atoms with Gasteiger partial charge in [-0.25, -0.2) is 4.39 Å². The van der Waals surface area contributed by atoms with Crippen LogP contribution in [0, 0.1) is 5.82 Å². The molecule has 1 atom stereocenters. The lowest BCUT2D eigenvalue weighted by Crippen LogP contribution is -2.05. The Morgan fingerprint density at radius 3 is 2.86 bits per heavy atom. The molecule has 0 amide bonds. The number of methoxy groups -OCH3 is 1. The molecule has 0 aromatic heterocycles. The molecule has 114 valence electrons. The van der Waals surface area contributed by atoms with Crippen LogP contribution in [0.5, 0.6) is 5.75 Å². The molecule has 7 heteroatoms. The van der Waals surface area contributed by atoms with E-state index in [1.54, 1.807) is 13.0 Å². The molecule has 0 aliphatic rings. The number of ether oxygens (including phenoxy) is 2. The molecule has 0 aliphatic heterocycles. The first-order valence-electron chi connectivity index (χ1n) is 6.65. The Hall–Kier alpha value is -2.27. The van der Waals surface area contributed by atoms with Gasteiger partial charge >= 0.3 is 5.97 Å². The van der Waals surface area contributed by atoms with E-state index in [2.05, 4.69) is 10.0 Å². The second kappa shape index (κ2) is 8.81. The van der Waals surface area contributed by atoms with Gasteiger partial charge in [-0.3, -0.25) is 4.79 Å². The number of rotatable bonds is 8. The van der Waals surface area contributed by atoms with Crippen molar-refractivity contribution in [1.29, 1.82) is 0 Å². The van der Waals surface area contributed by atoms with Crippen molar-refractivity contribution < 1.29 is 18.7 Å². The van der Waals surface area contributed by atoms with Gasteiger partial charge in [0.15, 0.2) is 11.6 Å². The van der Waals surface area contributed by atoms with Crippen LogP contribution in [-0.4, -0.2) is 19.7 Å². The third kappa shape index (κ3) is 5.31. The Kier molecular flexibility index (Phi) is 7.04. The molecule has 0 heterocycles. The third-order valence-corrected chi connectivity index (χ3v) is 2.92. The van der Waals surface area contributed by atoms with E-state index in [1.807, 2.05) is 0 Å². The summed E-state index contributed by atoms with van der Waals surface area (Å²) in [5.41, 5.74) is 9.16. The van der Waals surface area contributed by atoms with Gasteiger partial charge in [0.05, 0.1) is 19.8 Å². The number of hydrogen-bond acceptors (Lipinski definition) is 4. The van der Waals surface area contributed by atoms with Gasteiger partial charge in [-0.15, -0.1) is 0 Å². The fraction of sp³-hybridized carbons (Fsp3) is 0.500. The van der Waals surface area contributed by atoms with Crippen molar-refractivity contribution in [3.05, 3.63) is 40.0 Å². The molecule has 6 nitrogen and oxygen atoms in total. The lowest BCUT2D eigenvalue weighted by molar-refractivity contribution is -0.143. The molecule has 1 aromatic carbocycles. The smallest absolute Gasteiger partial charge is 0.305 e. The predicted molar refractivity (Wildman–Crippen MR) is 75.3 cm³/mol. The third-order valence-electron chi connectivity index (χ3n) is 2.92. The molecule has 0 N–H and O–H groups in total. The molecule has 0 fully saturated rings. The van der Waals surface area contributed by atoms with E-state index in [9.17, 15) is 9.18 Å². The lowest BCUT2D eigenvalue weighted by Gasteiger charge is -2.12. The fourth-order valence-corrected chi connectivity index (χ4v) is 1.92. The Balaban J connectivity index is 2.71. The van der Waals surface area contributed by atoms with Gasteiger partial charge in [-0.05, 0) is 43.0 Å². The topological polar surface area (TPSA) is 84.3 Å². The van der Waals surface area contributed by atoms with E-state index in [4.69, 9.17) is 15.0 Å². The summed E-state index contributed by atoms with van der Waals surface area (Å²) in [6.45, 7) is 2.07. The van der Waals surface area contributed by atoms with E-state index in [0.717, 1.165) is 0 Å². The first-order valence-corrected chi connectivity index (χ1v) is 6.65. The molecule has 0 radical (unpaired) electrons. The van der Waals surface area contributed by atoms with E-state index in [1.165, 1.54) is 19.2 Å². The van der Waals surface area contributed by atoms with Crippen LogP contribution < -0.4 is 4.74 Å². The maximum Gasteiger partial charge on any atom is 0.305 e. The van der Waals surface area contributed by atoms with Crippen LogP contribution in [-0.2, 0) is 9.53 Å². The van der Waals surface area contributed by atoms with Crippen LogP contribution in [0.3, 0.4) is 0 Å². The maximum absolute atomic E-state index is 13.7. The molecule has 0 bridgehead atoms. The second-order valence-corrected chi connectivity index (χ2v) is 4.31. The van der Waals surface area contributed by atoms with Gasteiger partial charge in [0.25, 0.3) is 0 Å². The highest BCUT2D eigenvalue weighted by molar-refractivity contribution is 5.69. The zero-order valence-electron chi connectivity index (χ0n) is 12.1. The molecule has 1 unspecified atom stereocenters. The Morgan fingerprint density at radius 1 is 1.52 bits per heavy atom. The Bertz CT molecular complexity index is 530. The fourth-order valence-electron chi connectivity index (χ4n) is 1.92. The highest BCUT2D eigenvalue weighted by Crippen LogP contribution is 2.27. The van der Waals surface area contributed by atoms with Crippen molar-refractivity contribution in [1.82, 2.24) is 0 Å². The van der Waals surface area contributed by atoms with Gasteiger partial charge in [0, 0.05) is 11.3 Å². The average Bonchev–Trinajstić information content (AvgIpc) is 2.46. The number of hydrogen-bond donors (Lipinski definition) is 0. The molecular weight excluding hydrogens is 277 g/mol. The van der Waals surface area contributed by atoms with E-state index in [-0.39, 0.29) is 18.1 Å². The minimum atomic E-state index is -0.523. The summed E-state index contributed by atoms with van der Waals surface area (Å²) >= 11 is 0. The summed E-state index contributed by atoms with van der Waals surface area (Å²) in [6, 6.07) is 3.88. The van der Waals surface area contributed by atoms with E-state index in [0.29, 0.717) is 25.0 Å². The molecule has 1 aromatic rings. The number of nitrogens with zero attached hydrogens (tertiary/aromatic N) is 3. The minimum Gasteiger partial charge on any atom is -0.494 e. The Labute approximate surface area is 122 Å². The number of carbonyl (C=O) groups is 1. The first-order chi connectivity index (χ1) is 10.1. The predicted octanol–water partition coefficient (Wildman–Crippen LogP) is 3.92. The quantitative estimate of drug-likeness (QED) is 0.315. The number of esters is 1. The summed E-state index contributed by atoms with van der Waals surface area (Å²) in [7, 11) is 1.38. The largest absolute Gasteiger partial charge is 0.494 e. The van der Waals surface area contributed by atoms with Gasteiger partial charge in [-0.1, -0.05) is 11.2 Å². The van der Waals surface area contributed by atoms with Crippen molar-refractivity contribution in [2.24, 2.45) is 5.11 Å². The molecule has 0 saturated carbocycles. The van der Waals surface area contributed by atoms with Crippen LogP contribution in [0.4, 0.5) is 4.39 Å². The Morgan fingerprint density at radius 2 is 2.29 bits per heavy atom. The van der Waals surface area contributed by atoms with E-state index >= 15 is 0 Å². The molecule has 1 rings (SSSR count). The van der Waals surface area contributed by atoms with Crippen molar-refractivity contribution in [2.45, 2.75) is 32.2 Å². The van der Waals surface area contributed by atoms with Gasteiger partial charge < -0.3 is 9.47 Å².